The second-order valence-corrected chi connectivity index (χ2v) is 8.50. The van der Waals surface area contributed by atoms with Crippen LogP contribution in [0.4, 0.5) is 4.79 Å². The Hall–Kier alpha value is -2.28. The molecule has 0 aromatic heterocycles. The van der Waals surface area contributed by atoms with E-state index < -0.39 is 11.7 Å². The number of hydrogen-bond donors (Lipinski definition) is 1. The number of nitrogens with one attached hydrogen (secondary N) is 1. The monoisotopic (exact) mass is 423 g/mol. The summed E-state index contributed by atoms with van der Waals surface area (Å²) in [5.41, 5.74) is 0.513. The highest BCUT2D eigenvalue weighted by Crippen LogP contribution is 2.13. The minimum absolute atomic E-state index is 0.0330. The molecule has 0 unspecified atom stereocenters. The lowest BCUT2D eigenvalue weighted by atomic mass is 10.1. The summed E-state index contributed by atoms with van der Waals surface area (Å²) in [6.45, 7) is 7.68. The normalized spacial score (nSPS) is 14.5. The van der Waals surface area contributed by atoms with Crippen LogP contribution in [0.25, 0.3) is 0 Å². The van der Waals surface area contributed by atoms with Crippen molar-refractivity contribution in [2.75, 3.05) is 32.7 Å². The topological polar surface area (TPSA) is 79.0 Å². The highest BCUT2D eigenvalue weighted by molar-refractivity contribution is 6.30. The van der Waals surface area contributed by atoms with Crippen LogP contribution in [0.2, 0.25) is 5.02 Å². The second kappa shape index (κ2) is 10.5. The SMILES string of the molecule is CC(C)(C)OC(=O)NCCC(=O)N1CCN(C(=O)CCc2ccc(Cl)cc2)CC1. The first-order valence-electron chi connectivity index (χ1n) is 9.91. The van der Waals surface area contributed by atoms with Crippen molar-refractivity contribution in [1.82, 2.24) is 15.1 Å². The maximum Gasteiger partial charge on any atom is 0.407 e. The molecule has 1 aliphatic heterocycles. The number of ether oxygens (including phenoxy) is 1. The third kappa shape index (κ3) is 8.31. The Bertz CT molecular complexity index is 708. The maximum absolute atomic E-state index is 12.4. The number of hydrogen-bond acceptors (Lipinski definition) is 4. The molecule has 2 rings (SSSR count). The standard InChI is InChI=1S/C21H30ClN3O4/c1-21(2,3)29-20(28)23-11-10-19(27)25-14-12-24(13-15-25)18(26)9-6-16-4-7-17(22)8-5-16/h4-5,7-8H,6,9-15H2,1-3H3,(H,23,28). The van der Waals surface area contributed by atoms with E-state index >= 15 is 0 Å². The van der Waals surface area contributed by atoms with Gasteiger partial charge in [-0.2, -0.15) is 0 Å². The number of rotatable bonds is 6. The number of alkyl carbamates (subject to hydrolysis) is 1. The van der Waals surface area contributed by atoms with E-state index in [-0.39, 0.29) is 24.8 Å². The van der Waals surface area contributed by atoms with E-state index in [2.05, 4.69) is 5.32 Å². The zero-order chi connectivity index (χ0) is 21.4. The lowest BCUT2D eigenvalue weighted by molar-refractivity contribution is -0.139. The summed E-state index contributed by atoms with van der Waals surface area (Å²) in [7, 11) is 0. The molecule has 3 amide bonds. The van der Waals surface area contributed by atoms with Crippen LogP contribution >= 0.6 is 11.6 Å². The first kappa shape index (κ1) is 23.0. The van der Waals surface area contributed by atoms with Gasteiger partial charge in [0.15, 0.2) is 0 Å². The van der Waals surface area contributed by atoms with Crippen molar-refractivity contribution >= 4 is 29.5 Å². The summed E-state index contributed by atoms with van der Waals surface area (Å²) >= 11 is 5.87. The molecular weight excluding hydrogens is 394 g/mol. The van der Waals surface area contributed by atoms with Crippen LogP contribution in [0.5, 0.6) is 0 Å². The van der Waals surface area contributed by atoms with E-state index in [1.165, 1.54) is 0 Å². The van der Waals surface area contributed by atoms with Gasteiger partial charge in [0, 0.05) is 50.6 Å². The molecule has 1 heterocycles. The summed E-state index contributed by atoms with van der Waals surface area (Å²) in [4.78, 5) is 39.9. The highest BCUT2D eigenvalue weighted by atomic mass is 35.5. The second-order valence-electron chi connectivity index (χ2n) is 8.07. The summed E-state index contributed by atoms with van der Waals surface area (Å²) < 4.78 is 5.14. The molecule has 1 saturated heterocycles. The third-order valence-electron chi connectivity index (χ3n) is 4.53. The first-order valence-corrected chi connectivity index (χ1v) is 10.3. The molecule has 1 aromatic carbocycles. The van der Waals surface area contributed by atoms with Crippen LogP contribution in [0.15, 0.2) is 24.3 Å². The predicted octanol–water partition coefficient (Wildman–Crippen LogP) is 2.86. The molecule has 7 nitrogen and oxygen atoms in total. The highest BCUT2D eigenvalue weighted by Gasteiger charge is 2.24. The zero-order valence-electron chi connectivity index (χ0n) is 17.4. The van der Waals surface area contributed by atoms with Gasteiger partial charge in [-0.3, -0.25) is 9.59 Å². The van der Waals surface area contributed by atoms with E-state index in [1.807, 2.05) is 24.3 Å². The fourth-order valence-electron chi connectivity index (χ4n) is 3.01. The van der Waals surface area contributed by atoms with Crippen LogP contribution in [0.1, 0.15) is 39.2 Å². The molecule has 29 heavy (non-hydrogen) atoms. The van der Waals surface area contributed by atoms with E-state index in [0.717, 1.165) is 5.56 Å². The Morgan fingerprint density at radius 3 is 2.00 bits per heavy atom. The summed E-state index contributed by atoms with van der Waals surface area (Å²) in [5.74, 6) is 0.0629. The maximum atomic E-state index is 12.4. The van der Waals surface area contributed by atoms with Gasteiger partial charge in [0.05, 0.1) is 0 Å². The average molecular weight is 424 g/mol. The van der Waals surface area contributed by atoms with Crippen LogP contribution in [0, 0.1) is 0 Å². The lowest BCUT2D eigenvalue weighted by Gasteiger charge is -2.35. The van der Waals surface area contributed by atoms with Gasteiger partial charge in [-0.05, 0) is 44.9 Å². The molecule has 0 aliphatic carbocycles. The Balaban J connectivity index is 1.65. The molecule has 160 valence electrons. The Kier molecular flexibility index (Phi) is 8.32. The first-order chi connectivity index (χ1) is 13.6. The van der Waals surface area contributed by atoms with Gasteiger partial charge in [-0.15, -0.1) is 0 Å². The van der Waals surface area contributed by atoms with Gasteiger partial charge >= 0.3 is 6.09 Å². The number of nitrogens with zero attached hydrogens (tertiary/aromatic N) is 2. The van der Waals surface area contributed by atoms with Gasteiger partial charge in [0.2, 0.25) is 11.8 Å². The van der Waals surface area contributed by atoms with Gasteiger partial charge < -0.3 is 19.9 Å². The summed E-state index contributed by atoms with van der Waals surface area (Å²) in [6, 6.07) is 7.50. The number of aryl methyl sites for hydroxylation is 1. The molecule has 0 atom stereocenters. The van der Waals surface area contributed by atoms with Crippen molar-refractivity contribution in [3.05, 3.63) is 34.9 Å². The average Bonchev–Trinajstić information content (AvgIpc) is 2.66. The molecule has 1 aliphatic rings. The van der Waals surface area contributed by atoms with Gasteiger partial charge in [0.1, 0.15) is 5.60 Å². The Morgan fingerprint density at radius 1 is 0.966 bits per heavy atom. The zero-order valence-corrected chi connectivity index (χ0v) is 18.1. The summed E-state index contributed by atoms with van der Waals surface area (Å²) in [5, 5.41) is 3.27. The van der Waals surface area contributed by atoms with E-state index in [4.69, 9.17) is 16.3 Å². The molecule has 1 N–H and O–H groups in total. The predicted molar refractivity (Wildman–Crippen MR) is 112 cm³/mol. The number of benzene rings is 1. The minimum Gasteiger partial charge on any atom is -0.444 e. The number of carbonyl (C=O) groups is 3. The fourth-order valence-corrected chi connectivity index (χ4v) is 3.14. The molecule has 0 saturated carbocycles. The van der Waals surface area contributed by atoms with Crippen molar-refractivity contribution in [2.24, 2.45) is 0 Å². The third-order valence-corrected chi connectivity index (χ3v) is 4.78. The van der Waals surface area contributed by atoms with Crippen LogP contribution in [-0.2, 0) is 20.7 Å². The fraction of sp³-hybridized carbons (Fsp3) is 0.571. The van der Waals surface area contributed by atoms with Crippen LogP contribution < -0.4 is 5.32 Å². The molecule has 1 fully saturated rings. The van der Waals surface area contributed by atoms with Crippen LogP contribution in [-0.4, -0.2) is 66.0 Å². The lowest BCUT2D eigenvalue weighted by Crippen LogP contribution is -2.51. The van der Waals surface area contributed by atoms with E-state index in [9.17, 15) is 14.4 Å². The number of piperazine rings is 1. The number of halogens is 1. The molecule has 0 radical (unpaired) electrons. The largest absolute Gasteiger partial charge is 0.444 e. The van der Waals surface area contributed by atoms with Crippen molar-refractivity contribution in [3.8, 4) is 0 Å². The Labute approximate surface area is 177 Å². The van der Waals surface area contributed by atoms with Crippen molar-refractivity contribution in [2.45, 2.75) is 45.6 Å². The number of amides is 3. The van der Waals surface area contributed by atoms with Gasteiger partial charge in [0.25, 0.3) is 0 Å². The molecule has 0 spiro atoms. The Morgan fingerprint density at radius 2 is 1.48 bits per heavy atom. The van der Waals surface area contributed by atoms with E-state index in [0.29, 0.717) is 44.0 Å². The van der Waals surface area contributed by atoms with E-state index in [1.54, 1.807) is 30.6 Å². The smallest absolute Gasteiger partial charge is 0.407 e. The summed E-state index contributed by atoms with van der Waals surface area (Å²) in [6.07, 6.45) is 0.798. The minimum atomic E-state index is -0.565. The molecular formula is C21H30ClN3O4. The molecule has 1 aromatic rings. The quantitative estimate of drug-likeness (QED) is 0.763. The molecule has 0 bridgehead atoms. The van der Waals surface area contributed by atoms with Crippen molar-refractivity contribution in [1.29, 1.82) is 0 Å². The van der Waals surface area contributed by atoms with Gasteiger partial charge in [-0.25, -0.2) is 4.79 Å². The van der Waals surface area contributed by atoms with Crippen molar-refractivity contribution in [3.63, 3.8) is 0 Å². The molecule has 8 heteroatoms. The van der Waals surface area contributed by atoms with Crippen molar-refractivity contribution < 1.29 is 19.1 Å². The number of carbonyl (C=O) groups excluding carboxylic acids is 3. The van der Waals surface area contributed by atoms with Gasteiger partial charge in [-0.1, -0.05) is 23.7 Å². The van der Waals surface area contributed by atoms with Crippen LogP contribution in [0.3, 0.4) is 0 Å².